The van der Waals surface area contributed by atoms with Crippen molar-refractivity contribution in [2.75, 3.05) is 0 Å². The maximum atomic E-state index is 13.1. The van der Waals surface area contributed by atoms with Crippen molar-refractivity contribution in [2.24, 2.45) is 0 Å². The molecule has 3 aromatic rings. The number of rotatable bonds is 5. The van der Waals surface area contributed by atoms with E-state index in [1.54, 1.807) is 0 Å². The van der Waals surface area contributed by atoms with Gasteiger partial charge in [0.2, 0.25) is 0 Å². The highest BCUT2D eigenvalue weighted by Crippen LogP contribution is 2.33. The standard InChI is InChI=1S/C17H10F3N5O3/c18-17(19,20)16-7-14(2-1-11(16)8-21)24-9-12(22-23-24)10-28-15-5-3-13(4-6-15)25(26)27/h1-7,9H,10H2. The van der Waals surface area contributed by atoms with Gasteiger partial charge in [-0.1, -0.05) is 5.21 Å². The van der Waals surface area contributed by atoms with Crippen molar-refractivity contribution < 1.29 is 22.8 Å². The van der Waals surface area contributed by atoms with Crippen molar-refractivity contribution >= 4 is 5.69 Å². The molecule has 0 unspecified atom stereocenters. The Labute approximate surface area is 155 Å². The molecule has 0 amide bonds. The van der Waals surface area contributed by atoms with Crippen molar-refractivity contribution in [2.45, 2.75) is 12.8 Å². The number of alkyl halides is 3. The lowest BCUT2D eigenvalue weighted by molar-refractivity contribution is -0.384. The Balaban J connectivity index is 1.75. The van der Waals surface area contributed by atoms with Crippen LogP contribution in [0.1, 0.15) is 16.8 Å². The average molecular weight is 389 g/mol. The zero-order valence-corrected chi connectivity index (χ0v) is 13.9. The number of nitrogens with zero attached hydrogens (tertiary/aromatic N) is 5. The number of benzene rings is 2. The molecule has 1 heterocycles. The maximum absolute atomic E-state index is 13.1. The van der Waals surface area contributed by atoms with Crippen molar-refractivity contribution in [3.05, 3.63) is 75.6 Å². The van der Waals surface area contributed by atoms with E-state index in [2.05, 4.69) is 10.3 Å². The lowest BCUT2D eigenvalue weighted by Crippen LogP contribution is -2.09. The lowest BCUT2D eigenvalue weighted by Gasteiger charge is -2.10. The Morgan fingerprint density at radius 3 is 2.54 bits per heavy atom. The van der Waals surface area contributed by atoms with Crippen molar-refractivity contribution in [1.82, 2.24) is 15.0 Å². The molecule has 0 saturated heterocycles. The SMILES string of the molecule is N#Cc1ccc(-n2cc(COc3ccc([N+](=O)[O-])cc3)nn2)cc1C(F)(F)F. The number of non-ortho nitro benzene ring substituents is 1. The first-order chi connectivity index (χ1) is 13.3. The Morgan fingerprint density at radius 1 is 1.21 bits per heavy atom. The van der Waals surface area contributed by atoms with E-state index >= 15 is 0 Å². The molecule has 8 nitrogen and oxygen atoms in total. The van der Waals surface area contributed by atoms with Crippen LogP contribution < -0.4 is 4.74 Å². The topological polar surface area (TPSA) is 107 Å². The minimum Gasteiger partial charge on any atom is -0.487 e. The number of hydrogen-bond donors (Lipinski definition) is 0. The molecule has 0 saturated carbocycles. The Kier molecular flexibility index (Phi) is 4.95. The summed E-state index contributed by atoms with van der Waals surface area (Å²) in [5.41, 5.74) is -1.22. The molecule has 28 heavy (non-hydrogen) atoms. The largest absolute Gasteiger partial charge is 0.487 e. The molecule has 0 N–H and O–H groups in total. The first-order valence-electron chi connectivity index (χ1n) is 7.68. The molecule has 1 aromatic heterocycles. The van der Waals surface area contributed by atoms with Gasteiger partial charge in [-0.3, -0.25) is 10.1 Å². The van der Waals surface area contributed by atoms with Crippen LogP contribution in [0.3, 0.4) is 0 Å². The van der Waals surface area contributed by atoms with E-state index in [0.717, 1.165) is 16.8 Å². The van der Waals surface area contributed by atoms with Crippen molar-refractivity contribution in [1.29, 1.82) is 5.26 Å². The minimum atomic E-state index is -4.68. The predicted octanol–water partition coefficient (Wildman–Crippen LogP) is 3.64. The molecular weight excluding hydrogens is 379 g/mol. The molecule has 3 rings (SSSR count). The summed E-state index contributed by atoms with van der Waals surface area (Å²) in [6.07, 6.45) is -3.30. The van der Waals surface area contributed by atoms with Crippen LogP contribution in [0.2, 0.25) is 0 Å². The number of aromatic nitrogens is 3. The maximum Gasteiger partial charge on any atom is 0.417 e. The van der Waals surface area contributed by atoms with Crippen LogP contribution in [0.4, 0.5) is 18.9 Å². The fourth-order valence-corrected chi connectivity index (χ4v) is 2.32. The summed E-state index contributed by atoms with van der Waals surface area (Å²) in [6, 6.07) is 10.1. The summed E-state index contributed by atoms with van der Waals surface area (Å²) in [6.45, 7) is -0.0415. The molecule has 0 aliphatic rings. The Hall–Kier alpha value is -3.94. The van der Waals surface area contributed by atoms with Gasteiger partial charge < -0.3 is 4.74 Å². The smallest absolute Gasteiger partial charge is 0.417 e. The van der Waals surface area contributed by atoms with E-state index in [1.807, 2.05) is 0 Å². The van der Waals surface area contributed by atoms with E-state index in [0.29, 0.717) is 11.4 Å². The highest BCUT2D eigenvalue weighted by atomic mass is 19.4. The molecule has 2 aromatic carbocycles. The van der Waals surface area contributed by atoms with Gasteiger partial charge in [-0.2, -0.15) is 18.4 Å². The van der Waals surface area contributed by atoms with Crippen molar-refractivity contribution in [3.8, 4) is 17.5 Å². The Morgan fingerprint density at radius 2 is 1.93 bits per heavy atom. The quantitative estimate of drug-likeness (QED) is 0.487. The van der Waals surface area contributed by atoms with Gasteiger partial charge in [-0.15, -0.1) is 5.10 Å². The van der Waals surface area contributed by atoms with Crippen LogP contribution >= 0.6 is 0 Å². The fourth-order valence-electron chi connectivity index (χ4n) is 2.32. The second-order valence-electron chi connectivity index (χ2n) is 5.53. The van der Waals surface area contributed by atoms with Crippen LogP contribution in [0.15, 0.2) is 48.7 Å². The monoisotopic (exact) mass is 389 g/mol. The summed E-state index contributed by atoms with van der Waals surface area (Å²) < 4.78 is 45.8. The number of nitro benzene ring substituents is 1. The summed E-state index contributed by atoms with van der Waals surface area (Å²) in [4.78, 5) is 10.1. The van der Waals surface area contributed by atoms with Gasteiger partial charge in [0.25, 0.3) is 5.69 Å². The van der Waals surface area contributed by atoms with Crippen molar-refractivity contribution in [3.63, 3.8) is 0 Å². The van der Waals surface area contributed by atoms with E-state index in [-0.39, 0.29) is 18.0 Å². The van der Waals surface area contributed by atoms with Crippen LogP contribution in [-0.2, 0) is 12.8 Å². The van der Waals surface area contributed by atoms with Gasteiger partial charge in [0.15, 0.2) is 0 Å². The average Bonchev–Trinajstić information content (AvgIpc) is 3.14. The highest BCUT2D eigenvalue weighted by molar-refractivity contribution is 5.47. The summed E-state index contributed by atoms with van der Waals surface area (Å²) >= 11 is 0. The molecule has 11 heteroatoms. The summed E-state index contributed by atoms with van der Waals surface area (Å²) in [7, 11) is 0. The molecule has 0 aliphatic heterocycles. The second kappa shape index (κ2) is 7.36. The molecule has 0 atom stereocenters. The minimum absolute atomic E-state index is 0.0415. The molecule has 0 spiro atoms. The number of nitriles is 1. The van der Waals surface area contributed by atoms with Gasteiger partial charge in [-0.25, -0.2) is 4.68 Å². The zero-order chi connectivity index (χ0) is 20.3. The third kappa shape index (κ3) is 4.07. The first-order valence-corrected chi connectivity index (χ1v) is 7.68. The highest BCUT2D eigenvalue weighted by Gasteiger charge is 2.34. The van der Waals surface area contributed by atoms with Gasteiger partial charge in [0, 0.05) is 12.1 Å². The number of nitro groups is 1. The fraction of sp³-hybridized carbons (Fsp3) is 0.118. The molecule has 142 valence electrons. The first kappa shape index (κ1) is 18.8. The predicted molar refractivity (Wildman–Crippen MR) is 88.5 cm³/mol. The van der Waals surface area contributed by atoms with Crippen LogP contribution in [0.25, 0.3) is 5.69 Å². The van der Waals surface area contributed by atoms with E-state index in [9.17, 15) is 23.3 Å². The lowest BCUT2D eigenvalue weighted by atomic mass is 10.1. The summed E-state index contributed by atoms with van der Waals surface area (Å²) in [5, 5.41) is 27.0. The third-order valence-electron chi connectivity index (χ3n) is 3.67. The third-order valence-corrected chi connectivity index (χ3v) is 3.67. The van der Waals surface area contributed by atoms with E-state index in [1.165, 1.54) is 42.6 Å². The van der Waals surface area contributed by atoms with Gasteiger partial charge in [0.1, 0.15) is 18.1 Å². The summed E-state index contributed by atoms with van der Waals surface area (Å²) in [5.74, 6) is 0.359. The zero-order valence-electron chi connectivity index (χ0n) is 13.9. The number of ether oxygens (including phenoxy) is 1. The number of halogens is 3. The Bertz CT molecular complexity index is 1060. The van der Waals surface area contributed by atoms with E-state index < -0.39 is 22.2 Å². The van der Waals surface area contributed by atoms with Crippen LogP contribution in [-0.4, -0.2) is 19.9 Å². The molecule has 0 bridgehead atoms. The molecule has 0 radical (unpaired) electrons. The number of hydrogen-bond acceptors (Lipinski definition) is 6. The van der Waals surface area contributed by atoms with Gasteiger partial charge in [0.05, 0.1) is 34.0 Å². The van der Waals surface area contributed by atoms with Crippen LogP contribution in [0, 0.1) is 21.4 Å². The van der Waals surface area contributed by atoms with E-state index in [4.69, 9.17) is 10.00 Å². The molecule has 0 aliphatic carbocycles. The molecule has 0 fully saturated rings. The normalized spacial score (nSPS) is 11.1. The van der Waals surface area contributed by atoms with Crippen LogP contribution in [0.5, 0.6) is 5.75 Å². The molecular formula is C17H10F3N5O3. The van der Waals surface area contributed by atoms with Gasteiger partial charge >= 0.3 is 6.18 Å². The second-order valence-corrected chi connectivity index (χ2v) is 5.53. The van der Waals surface area contributed by atoms with Gasteiger partial charge in [-0.05, 0) is 30.3 Å².